The van der Waals surface area contributed by atoms with E-state index in [1.54, 1.807) is 26.8 Å². The SMILES string of the molecule is C=CCC(CCCOc1cc(C(=O)OC)cc([N+](=O)[O-])c1Cl)NC(=O)OC(C)(C)C. The number of carbonyl (C=O) groups excluding carboxylic acids is 2. The van der Waals surface area contributed by atoms with Gasteiger partial charge in [0.2, 0.25) is 0 Å². The number of carbonyl (C=O) groups is 2. The Morgan fingerprint density at radius 2 is 2.03 bits per heavy atom. The number of alkyl carbamates (subject to hydrolysis) is 1. The van der Waals surface area contributed by atoms with Crippen LogP contribution < -0.4 is 10.1 Å². The fourth-order valence-electron chi connectivity index (χ4n) is 2.49. The van der Waals surface area contributed by atoms with Crippen LogP contribution >= 0.6 is 11.6 Å². The summed E-state index contributed by atoms with van der Waals surface area (Å²) in [6.07, 6.45) is 2.73. The average Bonchev–Trinajstić information content (AvgIpc) is 2.63. The lowest BCUT2D eigenvalue weighted by atomic mass is 10.1. The minimum absolute atomic E-state index is 0.00615. The third kappa shape index (κ3) is 8.28. The summed E-state index contributed by atoms with van der Waals surface area (Å²) in [7, 11) is 1.17. The number of hydrogen-bond donors (Lipinski definition) is 1. The van der Waals surface area contributed by atoms with E-state index < -0.39 is 28.3 Å². The molecule has 0 aliphatic rings. The molecular weight excluding hydrogens is 416 g/mol. The molecule has 1 atom stereocenters. The summed E-state index contributed by atoms with van der Waals surface area (Å²) < 4.78 is 15.4. The number of nitrogens with one attached hydrogen (secondary N) is 1. The van der Waals surface area contributed by atoms with Crippen molar-refractivity contribution in [2.45, 2.75) is 51.7 Å². The Morgan fingerprint density at radius 1 is 1.37 bits per heavy atom. The van der Waals surface area contributed by atoms with Crippen molar-refractivity contribution in [3.63, 3.8) is 0 Å². The molecule has 1 aromatic carbocycles. The van der Waals surface area contributed by atoms with Crippen molar-refractivity contribution in [2.75, 3.05) is 13.7 Å². The molecular formula is C20H27ClN2O7. The van der Waals surface area contributed by atoms with E-state index in [0.717, 1.165) is 6.07 Å². The van der Waals surface area contributed by atoms with Crippen LogP contribution in [0.25, 0.3) is 0 Å². The molecule has 1 unspecified atom stereocenters. The van der Waals surface area contributed by atoms with Gasteiger partial charge < -0.3 is 19.5 Å². The molecule has 0 saturated carbocycles. The third-order valence-corrected chi connectivity index (χ3v) is 4.14. The number of esters is 1. The van der Waals surface area contributed by atoms with Crippen LogP contribution in [0.15, 0.2) is 24.8 Å². The van der Waals surface area contributed by atoms with Crippen molar-refractivity contribution in [3.05, 3.63) is 45.5 Å². The number of nitrogens with zero attached hydrogens (tertiary/aromatic N) is 1. The zero-order valence-corrected chi connectivity index (χ0v) is 18.3. The molecule has 1 amide bonds. The lowest BCUT2D eigenvalue weighted by Gasteiger charge is -2.23. The molecule has 30 heavy (non-hydrogen) atoms. The number of benzene rings is 1. The van der Waals surface area contributed by atoms with Gasteiger partial charge >= 0.3 is 12.1 Å². The first-order valence-electron chi connectivity index (χ1n) is 9.28. The highest BCUT2D eigenvalue weighted by Crippen LogP contribution is 2.35. The van der Waals surface area contributed by atoms with Gasteiger partial charge in [0.15, 0.2) is 5.02 Å². The maximum Gasteiger partial charge on any atom is 0.407 e. The largest absolute Gasteiger partial charge is 0.492 e. The Morgan fingerprint density at radius 3 is 2.57 bits per heavy atom. The molecule has 166 valence electrons. The molecule has 9 nitrogen and oxygen atoms in total. The van der Waals surface area contributed by atoms with Gasteiger partial charge in [0.05, 0.1) is 24.2 Å². The van der Waals surface area contributed by atoms with Gasteiger partial charge in [-0.3, -0.25) is 10.1 Å². The predicted molar refractivity (Wildman–Crippen MR) is 112 cm³/mol. The minimum Gasteiger partial charge on any atom is -0.492 e. The summed E-state index contributed by atoms with van der Waals surface area (Å²) in [6.45, 7) is 9.16. The van der Waals surface area contributed by atoms with E-state index in [4.69, 9.17) is 21.1 Å². The number of nitro benzene ring substituents is 1. The standard InChI is InChI=1S/C20H27ClN2O7/c1-6-8-14(22-19(25)30-20(2,3)4)9-7-10-29-16-12-13(18(24)28-5)11-15(17(16)21)23(26)27/h6,11-12,14H,1,7-10H2,2-5H3,(H,22,25). The summed E-state index contributed by atoms with van der Waals surface area (Å²) in [5, 5.41) is 13.8. The molecule has 0 aliphatic heterocycles. The zero-order valence-electron chi connectivity index (χ0n) is 17.5. The fraction of sp³-hybridized carbons (Fsp3) is 0.500. The normalized spacial score (nSPS) is 11.9. The Hall–Kier alpha value is -2.81. The van der Waals surface area contributed by atoms with Crippen LogP contribution in [0.3, 0.4) is 0 Å². The molecule has 0 saturated heterocycles. The molecule has 1 rings (SSSR count). The Labute approximate surface area is 180 Å². The van der Waals surface area contributed by atoms with E-state index in [9.17, 15) is 19.7 Å². The fourth-order valence-corrected chi connectivity index (χ4v) is 2.73. The highest BCUT2D eigenvalue weighted by Gasteiger charge is 2.23. The Bertz CT molecular complexity index is 790. The van der Waals surface area contributed by atoms with Gasteiger partial charge in [-0.05, 0) is 46.1 Å². The topological polar surface area (TPSA) is 117 Å². The number of amides is 1. The van der Waals surface area contributed by atoms with Gasteiger partial charge in [0.25, 0.3) is 5.69 Å². The Balaban J connectivity index is 2.75. The highest BCUT2D eigenvalue weighted by molar-refractivity contribution is 6.34. The number of rotatable bonds is 10. The second-order valence-corrected chi connectivity index (χ2v) is 7.79. The Kier molecular flexibility index (Phi) is 9.58. The highest BCUT2D eigenvalue weighted by atomic mass is 35.5. The summed E-state index contributed by atoms with van der Waals surface area (Å²) >= 11 is 6.04. The van der Waals surface area contributed by atoms with Gasteiger partial charge in [-0.15, -0.1) is 6.58 Å². The monoisotopic (exact) mass is 442 g/mol. The number of halogens is 1. The van der Waals surface area contributed by atoms with E-state index in [1.807, 2.05) is 0 Å². The first kappa shape index (κ1) is 25.2. The molecule has 10 heteroatoms. The molecule has 0 aliphatic carbocycles. The zero-order chi connectivity index (χ0) is 22.9. The molecule has 0 heterocycles. The molecule has 0 fully saturated rings. The second-order valence-electron chi connectivity index (χ2n) is 7.41. The average molecular weight is 443 g/mol. The van der Waals surface area contributed by atoms with Crippen LogP contribution in [0.5, 0.6) is 5.75 Å². The number of ether oxygens (including phenoxy) is 3. The van der Waals surface area contributed by atoms with Crippen LogP contribution in [0.1, 0.15) is 50.4 Å². The summed E-state index contributed by atoms with van der Waals surface area (Å²) in [6, 6.07) is 2.11. The second kappa shape index (κ2) is 11.4. The van der Waals surface area contributed by atoms with Crippen LogP contribution in [-0.4, -0.2) is 42.3 Å². The van der Waals surface area contributed by atoms with Crippen molar-refractivity contribution >= 4 is 29.4 Å². The smallest absolute Gasteiger partial charge is 0.407 e. The van der Waals surface area contributed by atoms with Crippen LogP contribution in [0.4, 0.5) is 10.5 Å². The van der Waals surface area contributed by atoms with Crippen molar-refractivity contribution in [2.24, 2.45) is 0 Å². The van der Waals surface area contributed by atoms with E-state index >= 15 is 0 Å². The number of methoxy groups -OCH3 is 1. The molecule has 0 bridgehead atoms. The van der Waals surface area contributed by atoms with Gasteiger partial charge in [-0.25, -0.2) is 9.59 Å². The summed E-state index contributed by atoms with van der Waals surface area (Å²) in [4.78, 5) is 34.2. The van der Waals surface area contributed by atoms with Gasteiger partial charge in [-0.1, -0.05) is 17.7 Å². The van der Waals surface area contributed by atoms with Crippen LogP contribution in [-0.2, 0) is 9.47 Å². The van der Waals surface area contributed by atoms with Crippen molar-refractivity contribution in [1.82, 2.24) is 5.32 Å². The minimum atomic E-state index is -0.743. The van der Waals surface area contributed by atoms with E-state index in [0.29, 0.717) is 19.3 Å². The van der Waals surface area contributed by atoms with Crippen LogP contribution in [0.2, 0.25) is 5.02 Å². The van der Waals surface area contributed by atoms with Gasteiger partial charge in [0, 0.05) is 12.1 Å². The predicted octanol–water partition coefficient (Wildman–Crippen LogP) is 4.66. The quantitative estimate of drug-likeness (QED) is 0.184. The molecule has 1 aromatic rings. The molecule has 0 spiro atoms. The summed E-state index contributed by atoms with van der Waals surface area (Å²) in [5.41, 5.74) is -1.10. The molecule has 0 aromatic heterocycles. The first-order chi connectivity index (χ1) is 14.0. The number of nitro groups is 1. The lowest BCUT2D eigenvalue weighted by molar-refractivity contribution is -0.384. The third-order valence-electron chi connectivity index (χ3n) is 3.76. The van der Waals surface area contributed by atoms with Crippen molar-refractivity contribution in [3.8, 4) is 5.75 Å². The molecule has 0 radical (unpaired) electrons. The maximum atomic E-state index is 11.9. The van der Waals surface area contributed by atoms with E-state index in [2.05, 4.69) is 16.6 Å². The first-order valence-corrected chi connectivity index (χ1v) is 9.65. The van der Waals surface area contributed by atoms with E-state index in [1.165, 1.54) is 13.2 Å². The lowest BCUT2D eigenvalue weighted by Crippen LogP contribution is -2.39. The van der Waals surface area contributed by atoms with Crippen LogP contribution in [0, 0.1) is 10.1 Å². The number of hydrogen-bond acceptors (Lipinski definition) is 7. The van der Waals surface area contributed by atoms with Gasteiger partial charge in [-0.2, -0.15) is 0 Å². The van der Waals surface area contributed by atoms with Crippen molar-refractivity contribution in [1.29, 1.82) is 0 Å². The maximum absolute atomic E-state index is 11.9. The van der Waals surface area contributed by atoms with E-state index in [-0.39, 0.29) is 29.0 Å². The summed E-state index contributed by atoms with van der Waals surface area (Å²) in [5.74, 6) is -0.737. The molecule has 1 N–H and O–H groups in total. The van der Waals surface area contributed by atoms with Gasteiger partial charge in [0.1, 0.15) is 11.4 Å². The van der Waals surface area contributed by atoms with Crippen molar-refractivity contribution < 1.29 is 28.7 Å².